The van der Waals surface area contributed by atoms with Crippen LogP contribution in [-0.2, 0) is 13.1 Å². The van der Waals surface area contributed by atoms with E-state index >= 15 is 0 Å². The van der Waals surface area contributed by atoms with Gasteiger partial charge in [0.15, 0.2) is 11.5 Å². The molecule has 1 aromatic carbocycles. The summed E-state index contributed by atoms with van der Waals surface area (Å²) < 4.78 is 13.3. The monoisotopic (exact) mass is 321 g/mol. The quantitative estimate of drug-likeness (QED) is 0.860. The Morgan fingerprint density at radius 2 is 2.18 bits per heavy atom. The number of halogens is 1. The first-order chi connectivity index (χ1) is 10.7. The summed E-state index contributed by atoms with van der Waals surface area (Å²) in [6.07, 6.45) is 4.78. The van der Waals surface area contributed by atoms with Crippen LogP contribution in [0.15, 0.2) is 24.5 Å². The van der Waals surface area contributed by atoms with Crippen molar-refractivity contribution in [2.45, 2.75) is 26.4 Å². The summed E-state index contributed by atoms with van der Waals surface area (Å²) in [5.41, 5.74) is 2.26. The van der Waals surface area contributed by atoms with Crippen molar-refractivity contribution in [2.75, 3.05) is 19.8 Å². The van der Waals surface area contributed by atoms with Crippen LogP contribution in [0.1, 0.15) is 17.5 Å². The Hall–Kier alpha value is -1.72. The number of benzene rings is 1. The van der Waals surface area contributed by atoms with E-state index in [1.807, 2.05) is 36.1 Å². The van der Waals surface area contributed by atoms with Gasteiger partial charge >= 0.3 is 0 Å². The van der Waals surface area contributed by atoms with Crippen molar-refractivity contribution in [3.63, 3.8) is 0 Å². The Balaban J connectivity index is 1.56. The molecule has 2 heterocycles. The summed E-state index contributed by atoms with van der Waals surface area (Å²) in [6, 6.07) is 3.93. The Morgan fingerprint density at radius 1 is 1.32 bits per heavy atom. The van der Waals surface area contributed by atoms with Crippen LogP contribution >= 0.6 is 11.6 Å². The van der Waals surface area contributed by atoms with Gasteiger partial charge in [0.2, 0.25) is 0 Å². The molecule has 0 saturated carbocycles. The number of hydrogen-bond acceptors (Lipinski definition) is 4. The number of fused-ring (bicyclic) bond motifs is 1. The van der Waals surface area contributed by atoms with Gasteiger partial charge in [-0.15, -0.1) is 0 Å². The van der Waals surface area contributed by atoms with Crippen LogP contribution < -0.4 is 14.8 Å². The summed E-state index contributed by atoms with van der Waals surface area (Å²) in [5, 5.41) is 8.26. The van der Waals surface area contributed by atoms with Crippen LogP contribution in [0, 0.1) is 6.92 Å². The van der Waals surface area contributed by atoms with E-state index in [1.54, 1.807) is 0 Å². The van der Waals surface area contributed by atoms with Crippen molar-refractivity contribution in [1.29, 1.82) is 0 Å². The number of rotatable bonds is 5. The standard InChI is InChI=1S/C16H20ClN3O2/c1-12-9-19-20(11-12)4-3-18-10-13-7-14(17)16-15(8-13)21-5-2-6-22-16/h7-9,11,18H,2-6,10H2,1H3. The number of ether oxygens (including phenoxy) is 2. The van der Waals surface area contributed by atoms with E-state index in [2.05, 4.69) is 10.4 Å². The van der Waals surface area contributed by atoms with Gasteiger partial charge in [0.05, 0.1) is 31.0 Å². The molecule has 3 rings (SSSR count). The maximum atomic E-state index is 6.28. The van der Waals surface area contributed by atoms with Crippen molar-refractivity contribution in [3.8, 4) is 11.5 Å². The Bertz CT molecular complexity index is 642. The van der Waals surface area contributed by atoms with E-state index in [9.17, 15) is 0 Å². The molecule has 2 aromatic rings. The molecule has 0 atom stereocenters. The maximum Gasteiger partial charge on any atom is 0.179 e. The molecule has 6 heteroatoms. The fourth-order valence-corrected chi connectivity index (χ4v) is 2.69. The van der Waals surface area contributed by atoms with Gasteiger partial charge in [0.25, 0.3) is 0 Å². The first-order valence-electron chi connectivity index (χ1n) is 7.50. The number of aryl methyl sites for hydroxylation is 1. The number of nitrogens with one attached hydrogen (secondary N) is 1. The van der Waals surface area contributed by atoms with Crippen LogP contribution in [0.3, 0.4) is 0 Å². The largest absolute Gasteiger partial charge is 0.489 e. The zero-order chi connectivity index (χ0) is 15.4. The second-order valence-corrected chi connectivity index (χ2v) is 5.82. The third kappa shape index (κ3) is 3.72. The maximum absolute atomic E-state index is 6.28. The third-order valence-electron chi connectivity index (χ3n) is 3.47. The molecule has 0 saturated heterocycles. The molecule has 0 radical (unpaired) electrons. The molecule has 0 spiro atoms. The molecule has 0 fully saturated rings. The van der Waals surface area contributed by atoms with Gasteiger partial charge in [-0.05, 0) is 30.2 Å². The van der Waals surface area contributed by atoms with Crippen molar-refractivity contribution in [2.24, 2.45) is 0 Å². The van der Waals surface area contributed by atoms with Crippen molar-refractivity contribution in [3.05, 3.63) is 40.7 Å². The molecule has 0 aliphatic carbocycles. The average molecular weight is 322 g/mol. The van der Waals surface area contributed by atoms with Gasteiger partial charge in [-0.3, -0.25) is 4.68 Å². The highest BCUT2D eigenvalue weighted by atomic mass is 35.5. The molecule has 5 nitrogen and oxygen atoms in total. The topological polar surface area (TPSA) is 48.3 Å². The van der Waals surface area contributed by atoms with Gasteiger partial charge in [0.1, 0.15) is 0 Å². The Labute approximate surface area is 135 Å². The minimum Gasteiger partial charge on any atom is -0.489 e. The van der Waals surface area contributed by atoms with E-state index in [0.29, 0.717) is 24.0 Å². The molecular formula is C16H20ClN3O2. The lowest BCUT2D eigenvalue weighted by Crippen LogP contribution is -2.19. The smallest absolute Gasteiger partial charge is 0.179 e. The van der Waals surface area contributed by atoms with Crippen molar-refractivity contribution in [1.82, 2.24) is 15.1 Å². The Kier molecular flexibility index (Phi) is 4.85. The summed E-state index contributed by atoms with van der Waals surface area (Å²) >= 11 is 6.28. The summed E-state index contributed by atoms with van der Waals surface area (Å²) in [6.45, 7) is 5.76. The fraction of sp³-hybridized carbons (Fsp3) is 0.438. The summed E-state index contributed by atoms with van der Waals surface area (Å²) in [4.78, 5) is 0. The number of hydrogen-bond donors (Lipinski definition) is 1. The van der Waals surface area contributed by atoms with Crippen LogP contribution in [0.25, 0.3) is 0 Å². The molecule has 1 aliphatic rings. The van der Waals surface area contributed by atoms with Crippen molar-refractivity contribution < 1.29 is 9.47 Å². The van der Waals surface area contributed by atoms with Crippen LogP contribution in [-0.4, -0.2) is 29.5 Å². The number of aromatic nitrogens is 2. The SMILES string of the molecule is Cc1cnn(CCNCc2cc(Cl)c3c(c2)OCCCO3)c1. The van der Waals surface area contributed by atoms with Gasteiger partial charge in [-0.2, -0.15) is 5.10 Å². The predicted octanol–water partition coefficient (Wildman–Crippen LogP) is 2.80. The van der Waals surface area contributed by atoms with E-state index in [4.69, 9.17) is 21.1 Å². The highest BCUT2D eigenvalue weighted by molar-refractivity contribution is 6.32. The van der Waals surface area contributed by atoms with Crippen molar-refractivity contribution >= 4 is 11.6 Å². The van der Waals surface area contributed by atoms with Crippen LogP contribution in [0.5, 0.6) is 11.5 Å². The molecule has 0 bridgehead atoms. The van der Waals surface area contributed by atoms with Crippen LogP contribution in [0.2, 0.25) is 5.02 Å². The molecular weight excluding hydrogens is 302 g/mol. The lowest BCUT2D eigenvalue weighted by atomic mass is 10.2. The van der Waals surface area contributed by atoms with E-state index in [0.717, 1.165) is 37.4 Å². The lowest BCUT2D eigenvalue weighted by Gasteiger charge is -2.12. The van der Waals surface area contributed by atoms with E-state index < -0.39 is 0 Å². The van der Waals surface area contributed by atoms with E-state index in [-0.39, 0.29) is 0 Å². The Morgan fingerprint density at radius 3 is 3.00 bits per heavy atom. The molecule has 118 valence electrons. The molecule has 1 N–H and O–H groups in total. The minimum absolute atomic E-state index is 0.610. The third-order valence-corrected chi connectivity index (χ3v) is 3.75. The highest BCUT2D eigenvalue weighted by Gasteiger charge is 2.15. The molecule has 22 heavy (non-hydrogen) atoms. The van der Waals surface area contributed by atoms with Gasteiger partial charge < -0.3 is 14.8 Å². The summed E-state index contributed by atoms with van der Waals surface area (Å²) in [5.74, 6) is 1.40. The number of nitrogens with zero attached hydrogens (tertiary/aromatic N) is 2. The minimum atomic E-state index is 0.610. The first-order valence-corrected chi connectivity index (χ1v) is 7.88. The van der Waals surface area contributed by atoms with Gasteiger partial charge in [-0.25, -0.2) is 0 Å². The molecule has 1 aromatic heterocycles. The van der Waals surface area contributed by atoms with Gasteiger partial charge in [-0.1, -0.05) is 11.6 Å². The summed E-state index contributed by atoms with van der Waals surface area (Å²) in [7, 11) is 0. The highest BCUT2D eigenvalue weighted by Crippen LogP contribution is 2.37. The first kappa shape index (κ1) is 15.2. The molecule has 0 unspecified atom stereocenters. The fourth-order valence-electron chi connectivity index (χ4n) is 2.40. The molecule has 1 aliphatic heterocycles. The second kappa shape index (κ2) is 7.03. The average Bonchev–Trinajstić information content (AvgIpc) is 2.76. The zero-order valence-electron chi connectivity index (χ0n) is 12.6. The second-order valence-electron chi connectivity index (χ2n) is 5.41. The lowest BCUT2D eigenvalue weighted by molar-refractivity contribution is 0.297. The normalized spacial score (nSPS) is 13.9. The van der Waals surface area contributed by atoms with E-state index in [1.165, 1.54) is 5.56 Å². The molecule has 0 amide bonds. The predicted molar refractivity (Wildman–Crippen MR) is 85.7 cm³/mol. The zero-order valence-corrected chi connectivity index (χ0v) is 13.4. The van der Waals surface area contributed by atoms with Gasteiger partial charge in [0, 0.05) is 25.7 Å². The van der Waals surface area contributed by atoms with Crippen LogP contribution in [0.4, 0.5) is 0 Å².